The van der Waals surface area contributed by atoms with Crippen LogP contribution in [-0.4, -0.2) is 14.2 Å². The van der Waals surface area contributed by atoms with Crippen LogP contribution in [0.3, 0.4) is 0 Å². The monoisotopic (exact) mass is 891 g/mol. The van der Waals surface area contributed by atoms with Crippen LogP contribution in [0.4, 0.5) is 0 Å². The van der Waals surface area contributed by atoms with Crippen molar-refractivity contribution in [3.63, 3.8) is 0 Å². The first-order valence-corrected chi connectivity index (χ1v) is 26.6. The molecule has 3 heteroatoms. The van der Waals surface area contributed by atoms with Gasteiger partial charge >= 0.3 is 0 Å². The maximum absolute atomic E-state index is 12.5. The highest BCUT2D eigenvalue weighted by Gasteiger charge is 2.11. The maximum Gasteiger partial charge on any atom is 0.181 e. The van der Waals surface area contributed by atoms with E-state index in [1.807, 2.05) is 19.1 Å². The van der Waals surface area contributed by atoms with Crippen LogP contribution < -0.4 is 0 Å². The maximum atomic E-state index is 12.5. The first-order valence-electron chi connectivity index (χ1n) is 24.9. The van der Waals surface area contributed by atoms with Crippen molar-refractivity contribution < 1.29 is 8.42 Å². The Hall–Kier alpha value is -3.69. The van der Waals surface area contributed by atoms with Gasteiger partial charge in [-0.2, -0.15) is 0 Å². The summed E-state index contributed by atoms with van der Waals surface area (Å²) in [7, 11) is -3.26. The first-order chi connectivity index (χ1) is 30.5. The molecule has 2 nitrogen and oxygen atoms in total. The minimum Gasteiger partial charge on any atom is -0.223 e. The Balaban J connectivity index is 2.24. The van der Waals surface area contributed by atoms with E-state index in [0.717, 1.165) is 108 Å². The van der Waals surface area contributed by atoms with Gasteiger partial charge in [0.1, 0.15) is 0 Å². The topological polar surface area (TPSA) is 34.1 Å². The fourth-order valence-corrected chi connectivity index (χ4v) is 8.77. The fraction of sp³-hybridized carbons (Fsp3) is 0.541. The van der Waals surface area contributed by atoms with Crippen molar-refractivity contribution >= 4 is 9.84 Å². The molecule has 356 valence electrons. The molecule has 0 aliphatic heterocycles. The Bertz CT molecular complexity index is 1940. The van der Waals surface area contributed by atoms with Gasteiger partial charge in [0.05, 0.1) is 10.6 Å². The van der Waals surface area contributed by atoms with E-state index in [-0.39, 0.29) is 5.75 Å². The molecule has 0 aliphatic rings. The predicted octanol–water partition coefficient (Wildman–Crippen LogP) is 19.7. The van der Waals surface area contributed by atoms with Gasteiger partial charge in [-0.1, -0.05) is 146 Å². The number of benzene rings is 1. The van der Waals surface area contributed by atoms with Crippen LogP contribution in [0.1, 0.15) is 212 Å². The molecule has 0 radical (unpaired) electrons. The van der Waals surface area contributed by atoms with Crippen LogP contribution in [0.5, 0.6) is 0 Å². The summed E-state index contributed by atoms with van der Waals surface area (Å²) in [5, 5.41) is 0. The van der Waals surface area contributed by atoms with Crippen molar-refractivity contribution in [2.75, 3.05) is 5.75 Å². The third kappa shape index (κ3) is 32.9. The number of hydrogen-bond donors (Lipinski definition) is 0. The molecule has 0 heterocycles. The third-order valence-corrected chi connectivity index (χ3v) is 13.7. The van der Waals surface area contributed by atoms with E-state index >= 15 is 0 Å². The Kier molecular flexibility index (Phi) is 32.4. The average Bonchev–Trinajstić information content (AvgIpc) is 3.23. The second-order valence-corrected chi connectivity index (χ2v) is 21.3. The zero-order valence-electron chi connectivity index (χ0n) is 43.3. The van der Waals surface area contributed by atoms with Crippen LogP contribution >= 0.6 is 0 Å². The molecule has 0 bridgehead atoms. The molecule has 0 spiro atoms. The molecule has 0 amide bonds. The molecule has 1 rings (SSSR count). The normalized spacial score (nSPS) is 14.8. The highest BCUT2D eigenvalue weighted by molar-refractivity contribution is 7.91. The Morgan fingerprint density at radius 2 is 0.516 bits per heavy atom. The van der Waals surface area contributed by atoms with E-state index in [1.165, 1.54) is 81.4 Å². The molecule has 0 unspecified atom stereocenters. The Morgan fingerprint density at radius 3 is 0.734 bits per heavy atom. The third-order valence-electron chi connectivity index (χ3n) is 12.1. The van der Waals surface area contributed by atoms with E-state index in [0.29, 0.717) is 4.90 Å². The molecule has 0 fully saturated rings. The van der Waals surface area contributed by atoms with Gasteiger partial charge in [-0.3, -0.25) is 0 Å². The SMILES string of the molecule is CC(C)=CCC/C(C)=C/CC/C(C)=C/CC/C(C)=C/CC/C(C)=C/CC/C(C)=C/CC/C(C)=C/CC/C(C)=C/CC/C(C)=C/CC/C(C)=C/CC/C(C)=C/CS(=O)(=O)c1ccccc1. The standard InChI is InChI=1S/C61H94O2S/c1-50(2)26-16-27-51(3)28-17-29-52(4)30-18-31-53(5)32-19-33-54(6)34-20-35-55(7)36-21-37-56(8)38-22-39-57(9)40-23-41-58(10)42-24-43-59(11)44-25-45-60(12)48-49-64(62,63)61-46-14-13-15-47-61/h13-15,26,28,30,32,34,36,38,40,42,44,46-48H,16-25,27,29,31,33,35,37,39,41,43,45,49H2,1-12H3/b51-28+,52-30+,53-32+,54-34+,55-36+,56-38+,57-40+,58-42+,59-44+,60-48+. The Morgan fingerprint density at radius 1 is 0.312 bits per heavy atom. The van der Waals surface area contributed by atoms with E-state index in [2.05, 4.69) is 137 Å². The lowest BCUT2D eigenvalue weighted by molar-refractivity contribution is 0.599. The summed E-state index contributed by atoms with van der Waals surface area (Å²) in [5.74, 6) is 0.0628. The summed E-state index contributed by atoms with van der Waals surface area (Å²) in [6.45, 7) is 26.9. The van der Waals surface area contributed by atoms with E-state index in [1.54, 1.807) is 24.3 Å². The molecule has 0 saturated carbocycles. The summed E-state index contributed by atoms with van der Waals surface area (Å²) in [4.78, 5) is 0.391. The lowest BCUT2D eigenvalue weighted by Crippen LogP contribution is -2.04. The van der Waals surface area contributed by atoms with Crippen LogP contribution in [0.2, 0.25) is 0 Å². The summed E-state index contributed by atoms with van der Waals surface area (Å²) >= 11 is 0. The molecule has 0 saturated heterocycles. The van der Waals surface area contributed by atoms with Crippen molar-refractivity contribution in [1.29, 1.82) is 0 Å². The van der Waals surface area contributed by atoms with E-state index in [4.69, 9.17) is 0 Å². The molecular weight excluding hydrogens is 797 g/mol. The van der Waals surface area contributed by atoms with Crippen molar-refractivity contribution in [2.45, 2.75) is 216 Å². The average molecular weight is 891 g/mol. The Labute approximate surface area is 397 Å². The van der Waals surface area contributed by atoms with Crippen LogP contribution in [0.25, 0.3) is 0 Å². The summed E-state index contributed by atoms with van der Waals surface area (Å²) in [6, 6.07) is 8.71. The minimum absolute atomic E-state index is 0.0628. The number of rotatable bonds is 33. The van der Waals surface area contributed by atoms with Crippen LogP contribution in [0, 0.1) is 0 Å². The number of allylic oxidation sites excluding steroid dienone is 21. The summed E-state index contributed by atoms with van der Waals surface area (Å²) < 4.78 is 25.1. The molecule has 0 aromatic heterocycles. The van der Waals surface area contributed by atoms with Crippen LogP contribution in [0.15, 0.2) is 163 Å². The van der Waals surface area contributed by atoms with Crippen LogP contribution in [-0.2, 0) is 9.84 Å². The number of sulfone groups is 1. The van der Waals surface area contributed by atoms with Gasteiger partial charge in [0.15, 0.2) is 9.84 Å². The second kappa shape index (κ2) is 35.6. The van der Waals surface area contributed by atoms with Crippen molar-refractivity contribution in [3.8, 4) is 0 Å². The van der Waals surface area contributed by atoms with Crippen molar-refractivity contribution in [1.82, 2.24) is 0 Å². The molecule has 0 N–H and O–H groups in total. The molecule has 1 aromatic rings. The van der Waals surface area contributed by atoms with Gasteiger partial charge in [0.25, 0.3) is 0 Å². The van der Waals surface area contributed by atoms with Gasteiger partial charge in [-0.15, -0.1) is 0 Å². The number of hydrogen-bond acceptors (Lipinski definition) is 2. The van der Waals surface area contributed by atoms with Crippen molar-refractivity contribution in [3.05, 3.63) is 158 Å². The zero-order valence-corrected chi connectivity index (χ0v) is 44.1. The molecule has 0 aliphatic carbocycles. The quantitative estimate of drug-likeness (QED) is 0.0659. The molecule has 0 atom stereocenters. The molecule has 1 aromatic carbocycles. The van der Waals surface area contributed by atoms with Gasteiger partial charge in [-0.05, 0) is 224 Å². The molecule has 64 heavy (non-hydrogen) atoms. The predicted molar refractivity (Wildman–Crippen MR) is 288 cm³/mol. The van der Waals surface area contributed by atoms with Gasteiger partial charge < -0.3 is 0 Å². The van der Waals surface area contributed by atoms with Crippen molar-refractivity contribution in [2.24, 2.45) is 0 Å². The summed E-state index contributed by atoms with van der Waals surface area (Å²) in [5.41, 5.74) is 16.0. The lowest BCUT2D eigenvalue weighted by atomic mass is 10.0. The highest BCUT2D eigenvalue weighted by atomic mass is 32.2. The zero-order chi connectivity index (χ0) is 47.6. The van der Waals surface area contributed by atoms with E-state index in [9.17, 15) is 8.42 Å². The van der Waals surface area contributed by atoms with Gasteiger partial charge in [0.2, 0.25) is 0 Å². The molecular formula is C61H94O2S. The largest absolute Gasteiger partial charge is 0.223 e. The van der Waals surface area contributed by atoms with E-state index < -0.39 is 9.84 Å². The summed E-state index contributed by atoms with van der Waals surface area (Å²) in [6.07, 6.45) is 48.5. The smallest absolute Gasteiger partial charge is 0.181 e. The fourth-order valence-electron chi connectivity index (χ4n) is 7.50. The lowest BCUT2D eigenvalue weighted by Gasteiger charge is -2.04. The highest BCUT2D eigenvalue weighted by Crippen LogP contribution is 2.19. The van der Waals surface area contributed by atoms with Gasteiger partial charge in [-0.25, -0.2) is 8.42 Å². The second-order valence-electron chi connectivity index (χ2n) is 19.3. The first kappa shape index (κ1) is 58.3. The van der Waals surface area contributed by atoms with Gasteiger partial charge in [0, 0.05) is 0 Å². The minimum atomic E-state index is -3.26.